The van der Waals surface area contributed by atoms with Crippen LogP contribution in [0.5, 0.6) is 0 Å². The summed E-state index contributed by atoms with van der Waals surface area (Å²) in [5.74, 6) is -0.981. The van der Waals surface area contributed by atoms with Gasteiger partial charge in [0.05, 0.1) is 34.3 Å². The highest BCUT2D eigenvalue weighted by atomic mass is 19.4. The van der Waals surface area contributed by atoms with E-state index in [9.17, 15) is 41.3 Å². The van der Waals surface area contributed by atoms with Crippen LogP contribution < -0.4 is 0 Å². The van der Waals surface area contributed by atoms with Gasteiger partial charge in [-0.25, -0.2) is 0 Å². The van der Waals surface area contributed by atoms with E-state index in [-0.39, 0.29) is 50.3 Å². The van der Waals surface area contributed by atoms with Gasteiger partial charge in [-0.3, -0.25) is 19.9 Å². The second-order valence-corrected chi connectivity index (χ2v) is 10.6. The van der Waals surface area contributed by atoms with Crippen LogP contribution in [-0.2, 0) is 30.1 Å². The van der Waals surface area contributed by atoms with Gasteiger partial charge in [0.2, 0.25) is 0 Å². The van der Waals surface area contributed by atoms with E-state index in [0.29, 0.717) is 17.7 Å². The number of piperidine rings is 1. The van der Waals surface area contributed by atoms with Crippen LogP contribution in [0, 0.1) is 10.1 Å². The maximum Gasteiger partial charge on any atom is 0.416 e. The van der Waals surface area contributed by atoms with Gasteiger partial charge >= 0.3 is 12.4 Å². The summed E-state index contributed by atoms with van der Waals surface area (Å²) in [6.45, 7) is 0.206. The smallest absolute Gasteiger partial charge is 0.373 e. The monoisotopic (exact) mass is 617 g/mol. The van der Waals surface area contributed by atoms with E-state index in [0.717, 1.165) is 16.5 Å². The van der Waals surface area contributed by atoms with Gasteiger partial charge in [0.25, 0.3) is 11.6 Å². The highest BCUT2D eigenvalue weighted by Gasteiger charge is 2.39. The summed E-state index contributed by atoms with van der Waals surface area (Å²) < 4.78 is 87.1. The Hall–Kier alpha value is -4.52. The van der Waals surface area contributed by atoms with Crippen molar-refractivity contribution < 1.29 is 40.8 Å². The maximum absolute atomic E-state index is 13.6. The van der Waals surface area contributed by atoms with Crippen LogP contribution in [0.3, 0.4) is 0 Å². The van der Waals surface area contributed by atoms with Crippen molar-refractivity contribution >= 4 is 22.5 Å². The molecule has 2 atom stereocenters. The minimum atomic E-state index is -5.10. The Labute approximate surface area is 247 Å². The van der Waals surface area contributed by atoms with E-state index in [4.69, 9.17) is 4.74 Å². The van der Waals surface area contributed by atoms with Crippen LogP contribution >= 0.6 is 0 Å². The van der Waals surface area contributed by atoms with Crippen LogP contribution in [0.15, 0.2) is 79.0 Å². The molecule has 1 aliphatic rings. The lowest BCUT2D eigenvalue weighted by atomic mass is 9.92. The fourth-order valence-corrected chi connectivity index (χ4v) is 5.31. The summed E-state index contributed by atoms with van der Waals surface area (Å²) in [5.41, 5.74) is -1.83. The molecule has 1 amide bonds. The maximum atomic E-state index is 13.6. The minimum absolute atomic E-state index is 0.00865. The SMILES string of the molecule is O=C(c1cc(C(F)(F)F)cc(C(F)(F)F)c1)N1CC[C@H](OCc2cnc3ccccc3c2)C[C@H]1Cc1ccc([N+](=O)[O-])cc1. The Morgan fingerprint density at radius 2 is 1.59 bits per heavy atom. The molecule has 0 bridgehead atoms. The van der Waals surface area contributed by atoms with Gasteiger partial charge in [-0.2, -0.15) is 26.3 Å². The molecule has 1 aromatic heterocycles. The molecule has 7 nitrogen and oxygen atoms in total. The van der Waals surface area contributed by atoms with Crippen molar-refractivity contribution in [3.8, 4) is 0 Å². The largest absolute Gasteiger partial charge is 0.416 e. The Morgan fingerprint density at radius 3 is 2.23 bits per heavy atom. The predicted octanol–water partition coefficient (Wildman–Crippen LogP) is 7.61. The van der Waals surface area contributed by atoms with Gasteiger partial charge in [0, 0.05) is 41.9 Å². The van der Waals surface area contributed by atoms with E-state index >= 15 is 0 Å². The molecule has 0 N–H and O–H groups in total. The number of benzene rings is 3. The lowest BCUT2D eigenvalue weighted by Crippen LogP contribution is -2.49. The van der Waals surface area contributed by atoms with E-state index in [1.54, 1.807) is 6.20 Å². The standard InChI is InChI=1S/C31H25F6N3O4/c32-30(33,34)23-13-22(14-24(15-23)31(35,36)37)29(41)39-10-9-27(16-26(39)12-19-5-7-25(8-6-19)40(42)43)44-18-20-11-21-3-1-2-4-28(21)38-17-20/h1-8,11,13-15,17,26-27H,9-10,12,16,18H2/t26-,27+/m1/s1. The van der Waals surface area contributed by atoms with E-state index in [1.807, 2.05) is 30.3 Å². The molecular formula is C31H25F6N3O4. The number of carbonyl (C=O) groups excluding carboxylic acids is 1. The summed E-state index contributed by atoms with van der Waals surface area (Å²) >= 11 is 0. The van der Waals surface area contributed by atoms with Gasteiger partial charge in [-0.15, -0.1) is 0 Å². The van der Waals surface area contributed by atoms with Crippen molar-refractivity contribution in [2.75, 3.05) is 6.54 Å². The number of nitro benzene ring substituents is 1. The molecule has 4 aromatic rings. The second kappa shape index (κ2) is 12.2. The number of para-hydroxylation sites is 1. The average Bonchev–Trinajstić information content (AvgIpc) is 2.99. The molecule has 0 saturated carbocycles. The molecule has 3 aromatic carbocycles. The third kappa shape index (κ3) is 7.16. The van der Waals surface area contributed by atoms with Crippen LogP contribution in [-0.4, -0.2) is 39.4 Å². The van der Waals surface area contributed by atoms with E-state index in [1.165, 1.54) is 29.2 Å². The molecule has 0 radical (unpaired) electrons. The molecule has 0 spiro atoms. The molecule has 1 fully saturated rings. The van der Waals surface area contributed by atoms with Crippen molar-refractivity contribution in [1.82, 2.24) is 9.88 Å². The number of non-ortho nitro benzene ring substituents is 1. The summed E-state index contributed by atoms with van der Waals surface area (Å²) in [6.07, 6.45) is -8.25. The Bertz CT molecular complexity index is 1640. The first kappa shape index (κ1) is 30.9. The molecule has 44 heavy (non-hydrogen) atoms. The van der Waals surface area contributed by atoms with Crippen molar-refractivity contribution in [2.24, 2.45) is 0 Å². The minimum Gasteiger partial charge on any atom is -0.373 e. The summed E-state index contributed by atoms with van der Waals surface area (Å²) in [7, 11) is 0. The van der Waals surface area contributed by atoms with Crippen molar-refractivity contribution in [2.45, 2.75) is 50.4 Å². The molecule has 13 heteroatoms. The zero-order valence-electron chi connectivity index (χ0n) is 22.9. The first-order chi connectivity index (χ1) is 20.8. The van der Waals surface area contributed by atoms with Crippen LogP contribution in [0.2, 0.25) is 0 Å². The summed E-state index contributed by atoms with van der Waals surface area (Å²) in [4.78, 5) is 29.7. The Balaban J connectivity index is 1.40. The van der Waals surface area contributed by atoms with Crippen LogP contribution in [0.4, 0.5) is 32.0 Å². The zero-order chi connectivity index (χ0) is 31.6. The van der Waals surface area contributed by atoms with Gasteiger partial charge in [0.1, 0.15) is 0 Å². The first-order valence-corrected chi connectivity index (χ1v) is 13.6. The number of fused-ring (bicyclic) bond motifs is 1. The molecule has 5 rings (SSSR count). The molecule has 1 aliphatic heterocycles. The molecule has 2 heterocycles. The third-order valence-corrected chi connectivity index (χ3v) is 7.51. The predicted molar refractivity (Wildman–Crippen MR) is 148 cm³/mol. The number of likely N-dealkylation sites (tertiary alicyclic amines) is 1. The number of nitro groups is 1. The topological polar surface area (TPSA) is 85.6 Å². The van der Waals surface area contributed by atoms with E-state index < -0.39 is 45.9 Å². The van der Waals surface area contributed by atoms with Gasteiger partial charge < -0.3 is 9.64 Å². The fourth-order valence-electron chi connectivity index (χ4n) is 5.31. The number of halogens is 6. The van der Waals surface area contributed by atoms with Crippen molar-refractivity contribution in [3.63, 3.8) is 0 Å². The summed E-state index contributed by atoms with van der Waals surface area (Å²) in [6, 6.07) is 15.2. The number of pyridine rings is 1. The summed E-state index contributed by atoms with van der Waals surface area (Å²) in [5, 5.41) is 12.0. The number of amides is 1. The number of hydrogen-bond acceptors (Lipinski definition) is 5. The lowest BCUT2D eigenvalue weighted by Gasteiger charge is -2.40. The third-order valence-electron chi connectivity index (χ3n) is 7.51. The quantitative estimate of drug-likeness (QED) is 0.121. The number of hydrogen-bond donors (Lipinski definition) is 0. The normalized spacial score (nSPS) is 17.5. The van der Waals surface area contributed by atoms with Gasteiger partial charge in [-0.05, 0) is 60.7 Å². The fraction of sp³-hybridized carbons (Fsp3) is 0.290. The lowest BCUT2D eigenvalue weighted by molar-refractivity contribution is -0.384. The number of aromatic nitrogens is 1. The second-order valence-electron chi connectivity index (χ2n) is 10.6. The average molecular weight is 618 g/mol. The molecule has 1 saturated heterocycles. The van der Waals surface area contributed by atoms with E-state index in [2.05, 4.69) is 4.98 Å². The first-order valence-electron chi connectivity index (χ1n) is 13.6. The molecule has 0 aliphatic carbocycles. The molecule has 0 unspecified atom stereocenters. The number of rotatable bonds is 7. The van der Waals surface area contributed by atoms with Crippen LogP contribution in [0.25, 0.3) is 10.9 Å². The number of ether oxygens (including phenoxy) is 1. The van der Waals surface area contributed by atoms with Crippen molar-refractivity contribution in [3.05, 3.63) is 117 Å². The van der Waals surface area contributed by atoms with Crippen molar-refractivity contribution in [1.29, 1.82) is 0 Å². The number of alkyl halides is 6. The zero-order valence-corrected chi connectivity index (χ0v) is 22.9. The van der Waals surface area contributed by atoms with Gasteiger partial charge in [-0.1, -0.05) is 30.3 Å². The Kier molecular flexibility index (Phi) is 8.60. The number of carbonyl (C=O) groups is 1. The molecule has 230 valence electrons. The number of nitrogens with zero attached hydrogens (tertiary/aromatic N) is 3. The Morgan fingerprint density at radius 1 is 0.932 bits per heavy atom. The molecular weight excluding hydrogens is 592 g/mol. The van der Waals surface area contributed by atoms with Gasteiger partial charge in [0.15, 0.2) is 0 Å². The highest BCUT2D eigenvalue weighted by Crippen LogP contribution is 2.37. The highest BCUT2D eigenvalue weighted by molar-refractivity contribution is 5.95. The van der Waals surface area contributed by atoms with Crippen LogP contribution in [0.1, 0.15) is 45.5 Å².